The Balaban J connectivity index is 2.29. The van der Waals surface area contributed by atoms with Crippen LogP contribution in [0.5, 0.6) is 5.88 Å². The van der Waals surface area contributed by atoms with Crippen LogP contribution in [0.2, 0.25) is 0 Å². The highest BCUT2D eigenvalue weighted by Gasteiger charge is 2.23. The Kier molecular flexibility index (Phi) is 3.70. The van der Waals surface area contributed by atoms with Gasteiger partial charge in [-0.1, -0.05) is 26.8 Å². The summed E-state index contributed by atoms with van der Waals surface area (Å²) in [5, 5.41) is 2.79. The van der Waals surface area contributed by atoms with E-state index in [-0.39, 0.29) is 17.9 Å². The van der Waals surface area contributed by atoms with E-state index >= 15 is 0 Å². The third kappa shape index (κ3) is 2.61. The lowest BCUT2D eigenvalue weighted by Crippen LogP contribution is -2.36. The van der Waals surface area contributed by atoms with Gasteiger partial charge in [-0.25, -0.2) is 0 Å². The molecule has 1 aromatic heterocycles. The van der Waals surface area contributed by atoms with Gasteiger partial charge < -0.3 is 15.0 Å². The monoisotopic (exact) mass is 276 g/mol. The summed E-state index contributed by atoms with van der Waals surface area (Å²) in [6.45, 7) is 5.66. The van der Waals surface area contributed by atoms with Crippen LogP contribution < -0.4 is 15.5 Å². The highest BCUT2D eigenvalue weighted by molar-refractivity contribution is 5.81. The number of ether oxygens (including phenoxy) is 1. The number of rotatable bonds is 3. The molecule has 108 valence electrons. The molecule has 1 aliphatic carbocycles. The number of hydrogen-bond acceptors (Lipinski definition) is 3. The molecule has 0 saturated carbocycles. The molecular weight excluding hydrogens is 256 g/mol. The predicted octanol–water partition coefficient (Wildman–Crippen LogP) is 1.62. The molecule has 0 unspecified atom stereocenters. The van der Waals surface area contributed by atoms with Gasteiger partial charge in [0, 0.05) is 16.7 Å². The van der Waals surface area contributed by atoms with E-state index in [1.807, 2.05) is 32.9 Å². The second-order valence-corrected chi connectivity index (χ2v) is 5.90. The van der Waals surface area contributed by atoms with Crippen LogP contribution in [0, 0.1) is 5.41 Å². The maximum atomic E-state index is 12.4. The van der Waals surface area contributed by atoms with Crippen LogP contribution in [0.4, 0.5) is 0 Å². The lowest BCUT2D eigenvalue weighted by molar-refractivity contribution is -0.128. The third-order valence-electron chi connectivity index (χ3n) is 3.31. The van der Waals surface area contributed by atoms with Crippen molar-refractivity contribution in [3.8, 4) is 5.88 Å². The number of nitrogens with one attached hydrogen (secondary N) is 2. The first-order valence-electron chi connectivity index (χ1n) is 6.61. The molecule has 20 heavy (non-hydrogen) atoms. The molecule has 0 spiro atoms. The number of hydrogen-bond donors (Lipinski definition) is 2. The lowest BCUT2D eigenvalue weighted by atomic mass is 9.95. The summed E-state index contributed by atoms with van der Waals surface area (Å²) in [5.74, 6) is 0.312. The molecule has 0 bridgehead atoms. The fraction of sp³-hybridized carbons (Fsp3) is 0.467. The molecule has 0 saturated heterocycles. The van der Waals surface area contributed by atoms with Crippen molar-refractivity contribution in [2.75, 3.05) is 7.11 Å². The van der Waals surface area contributed by atoms with E-state index in [9.17, 15) is 9.59 Å². The molecule has 2 N–H and O–H groups in total. The van der Waals surface area contributed by atoms with Gasteiger partial charge in [-0.05, 0) is 12.5 Å². The Hall–Kier alpha value is -2.04. The highest BCUT2D eigenvalue weighted by Crippen LogP contribution is 2.21. The number of methoxy groups -OCH3 is 1. The van der Waals surface area contributed by atoms with Gasteiger partial charge in [0.1, 0.15) is 0 Å². The average molecular weight is 276 g/mol. The molecule has 2 rings (SSSR count). The van der Waals surface area contributed by atoms with Gasteiger partial charge in [-0.3, -0.25) is 9.59 Å². The smallest absolute Gasteiger partial charge is 0.225 e. The first-order chi connectivity index (χ1) is 9.34. The van der Waals surface area contributed by atoms with Gasteiger partial charge in [0.25, 0.3) is 0 Å². The summed E-state index contributed by atoms with van der Waals surface area (Å²) in [5.41, 5.74) is 1.43. The van der Waals surface area contributed by atoms with E-state index in [0.29, 0.717) is 17.9 Å². The lowest BCUT2D eigenvalue weighted by Gasteiger charge is -2.18. The zero-order chi connectivity index (χ0) is 14.9. The number of amides is 1. The number of carbonyl (C=O) groups excluding carboxylic acids is 1. The van der Waals surface area contributed by atoms with E-state index in [0.717, 1.165) is 11.3 Å². The minimum Gasteiger partial charge on any atom is -0.482 e. The second kappa shape index (κ2) is 5.15. The van der Waals surface area contributed by atoms with Crippen molar-refractivity contribution in [3.63, 3.8) is 0 Å². The van der Waals surface area contributed by atoms with Crippen LogP contribution in [0.3, 0.4) is 0 Å². The number of pyridine rings is 1. The number of carbonyl (C=O) groups is 1. The zero-order valence-corrected chi connectivity index (χ0v) is 12.3. The van der Waals surface area contributed by atoms with E-state index in [2.05, 4.69) is 10.3 Å². The van der Waals surface area contributed by atoms with Crippen LogP contribution in [-0.2, 0) is 17.8 Å². The highest BCUT2D eigenvalue weighted by atomic mass is 16.5. The molecule has 0 aromatic carbocycles. The van der Waals surface area contributed by atoms with Crippen LogP contribution in [0.1, 0.15) is 37.6 Å². The Morgan fingerprint density at radius 2 is 2.15 bits per heavy atom. The standard InChI is InChI=1S/C15H20N2O3/c1-15(2,3)14(19)16-8-10-12(18)9-6-5-7-11(9)17-13(10)20-4/h5,7H,6,8H2,1-4H3,(H,16,19)(H,17,18). The summed E-state index contributed by atoms with van der Waals surface area (Å²) < 4.78 is 5.23. The van der Waals surface area contributed by atoms with Gasteiger partial charge in [-0.2, -0.15) is 0 Å². The topological polar surface area (TPSA) is 71.2 Å². The molecule has 1 amide bonds. The van der Waals surface area contributed by atoms with Crippen LogP contribution >= 0.6 is 0 Å². The normalized spacial score (nSPS) is 13.2. The maximum Gasteiger partial charge on any atom is 0.225 e. The van der Waals surface area contributed by atoms with Crippen LogP contribution in [0.25, 0.3) is 6.08 Å². The maximum absolute atomic E-state index is 12.4. The van der Waals surface area contributed by atoms with Crippen LogP contribution in [-0.4, -0.2) is 18.0 Å². The number of fused-ring (bicyclic) bond motifs is 1. The molecule has 0 atom stereocenters. The molecule has 1 aromatic rings. The predicted molar refractivity (Wildman–Crippen MR) is 77.7 cm³/mol. The molecule has 0 aliphatic heterocycles. The number of allylic oxidation sites excluding steroid dienone is 1. The summed E-state index contributed by atoms with van der Waals surface area (Å²) in [7, 11) is 1.51. The van der Waals surface area contributed by atoms with Crippen molar-refractivity contribution in [1.29, 1.82) is 0 Å². The SMILES string of the molecule is COc1[nH]c2c(c(=O)c1CNC(=O)C(C)(C)C)CC=C2. The van der Waals surface area contributed by atoms with Gasteiger partial charge in [0.15, 0.2) is 11.3 Å². The minimum absolute atomic E-state index is 0.0604. The molecule has 0 radical (unpaired) electrons. The van der Waals surface area contributed by atoms with Crippen molar-refractivity contribution >= 4 is 12.0 Å². The molecule has 1 aliphatic rings. The number of aromatic amines is 1. The summed E-state index contributed by atoms with van der Waals surface area (Å²) in [6.07, 6.45) is 4.42. The first-order valence-corrected chi connectivity index (χ1v) is 6.61. The number of aromatic nitrogens is 1. The van der Waals surface area contributed by atoms with E-state index in [1.165, 1.54) is 7.11 Å². The van der Waals surface area contributed by atoms with Gasteiger partial charge in [0.05, 0.1) is 19.2 Å². The molecule has 5 nitrogen and oxygen atoms in total. The van der Waals surface area contributed by atoms with E-state index in [1.54, 1.807) is 0 Å². The van der Waals surface area contributed by atoms with Crippen LogP contribution in [0.15, 0.2) is 10.9 Å². The summed E-state index contributed by atoms with van der Waals surface area (Å²) >= 11 is 0. The second-order valence-electron chi connectivity index (χ2n) is 5.90. The molecular formula is C15H20N2O3. The van der Waals surface area contributed by atoms with Crippen molar-refractivity contribution in [2.45, 2.75) is 33.7 Å². The van der Waals surface area contributed by atoms with Gasteiger partial charge in [0.2, 0.25) is 5.91 Å². The summed E-state index contributed by atoms with van der Waals surface area (Å²) in [6, 6.07) is 0. The largest absolute Gasteiger partial charge is 0.482 e. The molecule has 5 heteroatoms. The zero-order valence-electron chi connectivity index (χ0n) is 12.3. The average Bonchev–Trinajstić information content (AvgIpc) is 2.84. The molecule has 1 heterocycles. The summed E-state index contributed by atoms with van der Waals surface area (Å²) in [4.78, 5) is 27.4. The first kappa shape index (κ1) is 14.4. The minimum atomic E-state index is -0.488. The van der Waals surface area contributed by atoms with E-state index in [4.69, 9.17) is 4.74 Å². The third-order valence-corrected chi connectivity index (χ3v) is 3.31. The fourth-order valence-electron chi connectivity index (χ4n) is 2.09. The Morgan fingerprint density at radius 1 is 1.45 bits per heavy atom. The van der Waals surface area contributed by atoms with E-state index < -0.39 is 5.41 Å². The van der Waals surface area contributed by atoms with Gasteiger partial charge in [-0.15, -0.1) is 0 Å². The number of H-pyrrole nitrogens is 1. The Labute approximate surface area is 118 Å². The Morgan fingerprint density at radius 3 is 2.75 bits per heavy atom. The molecule has 0 fully saturated rings. The Bertz CT molecular complexity index is 621. The van der Waals surface area contributed by atoms with Crippen molar-refractivity contribution in [3.05, 3.63) is 33.1 Å². The fourth-order valence-corrected chi connectivity index (χ4v) is 2.09. The van der Waals surface area contributed by atoms with Crippen molar-refractivity contribution in [1.82, 2.24) is 10.3 Å². The van der Waals surface area contributed by atoms with Crippen molar-refractivity contribution < 1.29 is 9.53 Å². The van der Waals surface area contributed by atoms with Gasteiger partial charge >= 0.3 is 0 Å². The quantitative estimate of drug-likeness (QED) is 0.881. The van der Waals surface area contributed by atoms with Crippen molar-refractivity contribution in [2.24, 2.45) is 5.41 Å².